The van der Waals surface area contributed by atoms with Gasteiger partial charge in [-0.1, -0.05) is 77.8 Å². The van der Waals surface area contributed by atoms with Gasteiger partial charge in [-0.2, -0.15) is 0 Å². The Bertz CT molecular complexity index is 1530. The van der Waals surface area contributed by atoms with Crippen LogP contribution in [0.3, 0.4) is 0 Å². The fourth-order valence-corrected chi connectivity index (χ4v) is 6.92. The summed E-state index contributed by atoms with van der Waals surface area (Å²) in [6.07, 6.45) is 4.94. The molecule has 1 fully saturated rings. The van der Waals surface area contributed by atoms with E-state index < -0.39 is 28.5 Å². The molecule has 0 spiro atoms. The van der Waals surface area contributed by atoms with Crippen molar-refractivity contribution >= 4 is 73.9 Å². The standard InChI is InChI=1S/C30H31Cl4N3O4S/c1-20(30(39)35-24-7-3-2-4-8-24)36(18-21-10-15-27(33)28(34)16-21)29(38)19-37(25-9-5-6-23(32)17-25)42(40,41)26-13-11-22(31)12-14-26/h5-6,9-17,20,24H,2-4,7-8,18-19H2,1H3,(H,35,39)/t20-/m1/s1. The second kappa shape index (κ2) is 14.3. The fraction of sp³-hybridized carbons (Fsp3) is 0.333. The summed E-state index contributed by atoms with van der Waals surface area (Å²) >= 11 is 24.6. The number of halogens is 4. The Kier molecular flexibility index (Phi) is 11.1. The van der Waals surface area contributed by atoms with Gasteiger partial charge >= 0.3 is 0 Å². The molecule has 224 valence electrons. The van der Waals surface area contributed by atoms with Crippen LogP contribution in [0.2, 0.25) is 20.1 Å². The number of carbonyl (C=O) groups excluding carboxylic acids is 2. The van der Waals surface area contributed by atoms with Gasteiger partial charge in [-0.3, -0.25) is 13.9 Å². The van der Waals surface area contributed by atoms with Crippen LogP contribution in [0.5, 0.6) is 0 Å². The van der Waals surface area contributed by atoms with Crippen LogP contribution in [0.1, 0.15) is 44.6 Å². The molecule has 0 saturated heterocycles. The number of hydrogen-bond donors (Lipinski definition) is 1. The number of hydrogen-bond acceptors (Lipinski definition) is 4. The molecule has 0 unspecified atom stereocenters. The third-order valence-corrected chi connectivity index (χ3v) is 10.2. The summed E-state index contributed by atoms with van der Waals surface area (Å²) in [7, 11) is -4.24. The van der Waals surface area contributed by atoms with Crippen LogP contribution in [0.25, 0.3) is 0 Å². The summed E-state index contributed by atoms with van der Waals surface area (Å²) in [5, 5.41) is 4.38. The number of benzene rings is 3. The molecule has 12 heteroatoms. The Morgan fingerprint density at radius 1 is 0.881 bits per heavy atom. The van der Waals surface area contributed by atoms with Crippen molar-refractivity contribution in [2.24, 2.45) is 0 Å². The zero-order valence-corrected chi connectivity index (χ0v) is 26.7. The van der Waals surface area contributed by atoms with E-state index in [9.17, 15) is 18.0 Å². The third-order valence-electron chi connectivity index (χ3n) is 7.23. The Morgan fingerprint density at radius 3 is 2.21 bits per heavy atom. The molecule has 7 nitrogen and oxygen atoms in total. The van der Waals surface area contributed by atoms with E-state index in [0.29, 0.717) is 25.7 Å². The van der Waals surface area contributed by atoms with Crippen molar-refractivity contribution in [3.8, 4) is 0 Å². The van der Waals surface area contributed by atoms with E-state index in [1.54, 1.807) is 43.3 Å². The van der Waals surface area contributed by atoms with Gasteiger partial charge in [-0.05, 0) is 79.9 Å². The Labute approximate surface area is 266 Å². The molecule has 2 amide bonds. The average molecular weight is 671 g/mol. The van der Waals surface area contributed by atoms with Crippen LogP contribution in [0.15, 0.2) is 71.6 Å². The minimum Gasteiger partial charge on any atom is -0.352 e. The van der Waals surface area contributed by atoms with Gasteiger partial charge in [-0.25, -0.2) is 8.42 Å². The van der Waals surface area contributed by atoms with Gasteiger partial charge in [0.25, 0.3) is 10.0 Å². The molecule has 4 rings (SSSR count). The number of amides is 2. The van der Waals surface area contributed by atoms with E-state index >= 15 is 0 Å². The first kappa shape index (κ1) is 32.4. The smallest absolute Gasteiger partial charge is 0.264 e. The summed E-state index contributed by atoms with van der Waals surface area (Å²) in [6.45, 7) is 1.04. The molecule has 0 heterocycles. The molecule has 0 aromatic heterocycles. The van der Waals surface area contributed by atoms with E-state index in [-0.39, 0.29) is 29.1 Å². The van der Waals surface area contributed by atoms with Gasteiger partial charge in [0, 0.05) is 22.6 Å². The Balaban J connectivity index is 1.69. The maximum atomic E-state index is 14.1. The Morgan fingerprint density at radius 2 is 1.57 bits per heavy atom. The molecule has 3 aromatic rings. The van der Waals surface area contributed by atoms with E-state index in [1.165, 1.54) is 35.2 Å². The number of anilines is 1. The molecular formula is C30H31Cl4N3O4S. The minimum absolute atomic E-state index is 0.000641. The molecule has 1 saturated carbocycles. The lowest BCUT2D eigenvalue weighted by molar-refractivity contribution is -0.139. The quantitative estimate of drug-likeness (QED) is 0.244. The van der Waals surface area contributed by atoms with Crippen molar-refractivity contribution in [3.05, 3.63) is 92.4 Å². The molecule has 0 aliphatic heterocycles. The Hall–Kier alpha value is -2.49. The highest BCUT2D eigenvalue weighted by molar-refractivity contribution is 7.92. The first-order valence-corrected chi connectivity index (χ1v) is 16.5. The third kappa shape index (κ3) is 8.11. The zero-order chi connectivity index (χ0) is 30.4. The van der Waals surface area contributed by atoms with Crippen LogP contribution in [0, 0.1) is 0 Å². The molecule has 1 aliphatic rings. The highest BCUT2D eigenvalue weighted by Crippen LogP contribution is 2.28. The molecule has 0 radical (unpaired) electrons. The van der Waals surface area contributed by atoms with E-state index in [4.69, 9.17) is 46.4 Å². The summed E-state index contributed by atoms with van der Waals surface area (Å²) in [5.74, 6) is -0.907. The van der Waals surface area contributed by atoms with Crippen molar-refractivity contribution < 1.29 is 18.0 Å². The molecule has 42 heavy (non-hydrogen) atoms. The topological polar surface area (TPSA) is 86.8 Å². The monoisotopic (exact) mass is 669 g/mol. The molecule has 1 atom stereocenters. The lowest BCUT2D eigenvalue weighted by Crippen LogP contribution is -2.53. The lowest BCUT2D eigenvalue weighted by atomic mass is 9.95. The number of sulfonamides is 1. The van der Waals surface area contributed by atoms with Crippen LogP contribution >= 0.6 is 46.4 Å². The van der Waals surface area contributed by atoms with Crippen LogP contribution in [0.4, 0.5) is 5.69 Å². The van der Waals surface area contributed by atoms with E-state index in [1.807, 2.05) is 0 Å². The second-order valence-corrected chi connectivity index (χ2v) is 13.8. The summed E-state index contributed by atoms with van der Waals surface area (Å²) in [4.78, 5) is 28.8. The van der Waals surface area contributed by atoms with Gasteiger partial charge in [0.1, 0.15) is 12.6 Å². The highest BCUT2D eigenvalue weighted by atomic mass is 35.5. The predicted octanol–water partition coefficient (Wildman–Crippen LogP) is 7.36. The maximum Gasteiger partial charge on any atom is 0.264 e. The van der Waals surface area contributed by atoms with Gasteiger partial charge in [0.05, 0.1) is 20.6 Å². The predicted molar refractivity (Wildman–Crippen MR) is 169 cm³/mol. The van der Waals surface area contributed by atoms with E-state index in [2.05, 4.69) is 5.32 Å². The van der Waals surface area contributed by atoms with Crippen LogP contribution in [-0.4, -0.2) is 43.8 Å². The molecule has 1 aliphatic carbocycles. The molecular weight excluding hydrogens is 640 g/mol. The zero-order valence-electron chi connectivity index (χ0n) is 22.9. The second-order valence-electron chi connectivity index (χ2n) is 10.2. The highest BCUT2D eigenvalue weighted by Gasteiger charge is 2.33. The molecule has 3 aromatic carbocycles. The SMILES string of the molecule is C[C@H](C(=O)NC1CCCCC1)N(Cc1ccc(Cl)c(Cl)c1)C(=O)CN(c1cccc(Cl)c1)S(=O)(=O)c1ccc(Cl)cc1. The number of nitrogens with zero attached hydrogens (tertiary/aromatic N) is 2. The average Bonchev–Trinajstić information content (AvgIpc) is 2.96. The van der Waals surface area contributed by atoms with Gasteiger partial charge in [0.2, 0.25) is 11.8 Å². The number of rotatable bonds is 10. The normalized spacial score (nSPS) is 14.7. The lowest BCUT2D eigenvalue weighted by Gasteiger charge is -2.33. The maximum absolute atomic E-state index is 14.1. The van der Waals surface area contributed by atoms with Crippen LogP contribution < -0.4 is 9.62 Å². The number of nitrogens with one attached hydrogen (secondary N) is 1. The van der Waals surface area contributed by atoms with Crippen molar-refractivity contribution in [2.75, 3.05) is 10.8 Å². The van der Waals surface area contributed by atoms with Gasteiger partial charge < -0.3 is 10.2 Å². The van der Waals surface area contributed by atoms with Crippen molar-refractivity contribution in [3.63, 3.8) is 0 Å². The first-order chi connectivity index (χ1) is 20.0. The largest absolute Gasteiger partial charge is 0.352 e. The van der Waals surface area contributed by atoms with Crippen molar-refractivity contribution in [1.82, 2.24) is 10.2 Å². The summed E-state index contributed by atoms with van der Waals surface area (Å²) in [6, 6.07) is 15.9. The minimum atomic E-state index is -4.24. The molecule has 0 bridgehead atoms. The fourth-order valence-electron chi connectivity index (χ4n) is 4.88. The van der Waals surface area contributed by atoms with Gasteiger partial charge in [0.15, 0.2) is 0 Å². The van der Waals surface area contributed by atoms with Crippen molar-refractivity contribution in [2.45, 2.75) is 62.6 Å². The number of carbonyl (C=O) groups is 2. The van der Waals surface area contributed by atoms with Crippen molar-refractivity contribution in [1.29, 1.82) is 0 Å². The van der Waals surface area contributed by atoms with Crippen LogP contribution in [-0.2, 0) is 26.2 Å². The summed E-state index contributed by atoms with van der Waals surface area (Å²) < 4.78 is 28.7. The van der Waals surface area contributed by atoms with E-state index in [0.717, 1.165) is 36.4 Å². The molecule has 1 N–H and O–H groups in total. The first-order valence-electron chi connectivity index (χ1n) is 13.5. The van der Waals surface area contributed by atoms with Gasteiger partial charge in [-0.15, -0.1) is 0 Å². The summed E-state index contributed by atoms with van der Waals surface area (Å²) in [5.41, 5.74) is 0.824.